The van der Waals surface area contributed by atoms with Gasteiger partial charge in [0.15, 0.2) is 0 Å². The Morgan fingerprint density at radius 2 is 1.51 bits per heavy atom. The van der Waals surface area contributed by atoms with E-state index in [-0.39, 0.29) is 29.8 Å². The third kappa shape index (κ3) is 8.40. The molecule has 0 spiro atoms. The van der Waals surface area contributed by atoms with Crippen LogP contribution in [0.1, 0.15) is 47.9 Å². The summed E-state index contributed by atoms with van der Waals surface area (Å²) in [5, 5.41) is 3.21. The fourth-order valence-electron chi connectivity index (χ4n) is 6.11. The van der Waals surface area contributed by atoms with Gasteiger partial charge in [0, 0.05) is 19.0 Å². The highest BCUT2D eigenvalue weighted by atomic mass is 32.2. The van der Waals surface area contributed by atoms with E-state index in [1.54, 1.807) is 31.4 Å². The van der Waals surface area contributed by atoms with Crippen LogP contribution in [0.25, 0.3) is 0 Å². The van der Waals surface area contributed by atoms with E-state index in [2.05, 4.69) is 5.32 Å². The average molecular weight is 654 g/mol. The predicted octanol–water partition coefficient (Wildman–Crippen LogP) is 6.21. The number of ether oxygens (including phenoxy) is 1. The molecule has 1 unspecified atom stereocenters. The number of benzene rings is 4. The lowest BCUT2D eigenvalue weighted by Gasteiger charge is -2.34. The van der Waals surface area contributed by atoms with Crippen molar-refractivity contribution < 1.29 is 22.7 Å². The fraction of sp³-hybridized carbons (Fsp3) is 0.316. The molecule has 1 aliphatic rings. The molecule has 47 heavy (non-hydrogen) atoms. The number of methoxy groups -OCH3 is 1. The Kier molecular flexibility index (Phi) is 11.0. The van der Waals surface area contributed by atoms with Crippen molar-refractivity contribution in [2.24, 2.45) is 0 Å². The molecule has 1 atom stereocenters. The molecule has 1 aliphatic carbocycles. The zero-order valence-corrected chi connectivity index (χ0v) is 28.1. The number of anilines is 1. The zero-order chi connectivity index (χ0) is 33.4. The van der Waals surface area contributed by atoms with Gasteiger partial charge < -0.3 is 15.0 Å². The van der Waals surface area contributed by atoms with Gasteiger partial charge in [-0.25, -0.2) is 8.42 Å². The molecule has 0 saturated heterocycles. The second-order valence-electron chi connectivity index (χ2n) is 12.2. The highest BCUT2D eigenvalue weighted by molar-refractivity contribution is 7.92. The quantitative estimate of drug-likeness (QED) is 0.185. The lowest BCUT2D eigenvalue weighted by atomic mass is 10.0. The van der Waals surface area contributed by atoms with E-state index in [1.807, 2.05) is 80.6 Å². The van der Waals surface area contributed by atoms with Crippen molar-refractivity contribution in [2.45, 2.75) is 69.5 Å². The van der Waals surface area contributed by atoms with Crippen molar-refractivity contribution in [3.63, 3.8) is 0 Å². The summed E-state index contributed by atoms with van der Waals surface area (Å²) < 4.78 is 35.2. The van der Waals surface area contributed by atoms with Gasteiger partial charge in [0.1, 0.15) is 18.3 Å². The van der Waals surface area contributed by atoms with Crippen molar-refractivity contribution in [3.8, 4) is 5.75 Å². The van der Waals surface area contributed by atoms with Gasteiger partial charge in [-0.05, 0) is 79.3 Å². The van der Waals surface area contributed by atoms with Crippen LogP contribution in [0.5, 0.6) is 5.75 Å². The first-order valence-electron chi connectivity index (χ1n) is 16.1. The van der Waals surface area contributed by atoms with Crippen LogP contribution in [0.3, 0.4) is 0 Å². The van der Waals surface area contributed by atoms with Crippen molar-refractivity contribution in [1.29, 1.82) is 0 Å². The first-order valence-corrected chi connectivity index (χ1v) is 17.5. The zero-order valence-electron chi connectivity index (χ0n) is 27.3. The van der Waals surface area contributed by atoms with Crippen molar-refractivity contribution in [2.75, 3.05) is 18.0 Å². The summed E-state index contributed by atoms with van der Waals surface area (Å²) in [6, 6.07) is 29.8. The maximum absolute atomic E-state index is 14.7. The van der Waals surface area contributed by atoms with Crippen molar-refractivity contribution in [1.82, 2.24) is 10.2 Å². The van der Waals surface area contributed by atoms with Crippen LogP contribution >= 0.6 is 0 Å². The summed E-state index contributed by atoms with van der Waals surface area (Å²) in [7, 11) is -2.59. The van der Waals surface area contributed by atoms with E-state index < -0.39 is 28.5 Å². The molecule has 1 fully saturated rings. The van der Waals surface area contributed by atoms with Gasteiger partial charge in [-0.2, -0.15) is 0 Å². The minimum atomic E-state index is -4.16. The number of nitrogens with zero attached hydrogens (tertiary/aromatic N) is 2. The number of hydrogen-bond donors (Lipinski definition) is 1. The van der Waals surface area contributed by atoms with E-state index in [4.69, 9.17) is 4.74 Å². The van der Waals surface area contributed by atoms with Crippen LogP contribution < -0.4 is 14.4 Å². The highest BCUT2D eigenvalue weighted by Crippen LogP contribution is 2.29. The maximum Gasteiger partial charge on any atom is 0.264 e. The molecule has 2 amide bonds. The highest BCUT2D eigenvalue weighted by Gasteiger charge is 2.36. The number of carbonyl (C=O) groups is 2. The molecule has 1 N–H and O–H groups in total. The Labute approximate surface area is 278 Å². The maximum atomic E-state index is 14.7. The first kappa shape index (κ1) is 33.7. The molecule has 8 nitrogen and oxygen atoms in total. The van der Waals surface area contributed by atoms with Crippen molar-refractivity contribution in [3.05, 3.63) is 125 Å². The van der Waals surface area contributed by atoms with Crippen LogP contribution in [0.2, 0.25) is 0 Å². The fourth-order valence-corrected chi connectivity index (χ4v) is 7.60. The molecule has 0 aromatic heterocycles. The molecule has 5 rings (SSSR count). The summed E-state index contributed by atoms with van der Waals surface area (Å²) in [5.74, 6) is -0.120. The smallest absolute Gasteiger partial charge is 0.264 e. The van der Waals surface area contributed by atoms with E-state index in [1.165, 1.54) is 21.3 Å². The van der Waals surface area contributed by atoms with Crippen LogP contribution in [-0.2, 0) is 32.6 Å². The van der Waals surface area contributed by atoms with Crippen LogP contribution in [-0.4, -0.2) is 50.9 Å². The molecule has 4 aromatic rings. The van der Waals surface area contributed by atoms with Gasteiger partial charge >= 0.3 is 0 Å². The molecule has 9 heteroatoms. The normalized spacial score (nSPS) is 13.9. The minimum absolute atomic E-state index is 0.0412. The van der Waals surface area contributed by atoms with E-state index in [9.17, 15) is 18.0 Å². The Hall–Kier alpha value is -4.63. The number of rotatable bonds is 13. The van der Waals surface area contributed by atoms with Gasteiger partial charge in [-0.15, -0.1) is 0 Å². The Bertz CT molecular complexity index is 1770. The third-order valence-electron chi connectivity index (χ3n) is 8.70. The SMILES string of the molecule is COc1cccc(CN(C(=O)CN(c2cc(C)ccc2C)S(=O)(=O)c2ccccc2)C(Cc2ccccc2)C(=O)NC2CCCC2)c1. The number of nitrogens with one attached hydrogen (secondary N) is 1. The van der Waals surface area contributed by atoms with Crippen LogP contribution in [0.4, 0.5) is 5.69 Å². The molecule has 246 valence electrons. The van der Waals surface area contributed by atoms with E-state index in [0.29, 0.717) is 17.0 Å². The summed E-state index contributed by atoms with van der Waals surface area (Å²) in [4.78, 5) is 30.5. The van der Waals surface area contributed by atoms with Crippen LogP contribution in [0.15, 0.2) is 108 Å². The van der Waals surface area contributed by atoms with Gasteiger partial charge in [-0.1, -0.05) is 85.6 Å². The second kappa shape index (κ2) is 15.3. The Balaban J connectivity index is 1.59. The molecule has 4 aromatic carbocycles. The Morgan fingerprint density at radius 1 is 0.851 bits per heavy atom. The lowest BCUT2D eigenvalue weighted by Crippen LogP contribution is -2.54. The summed E-state index contributed by atoms with van der Waals surface area (Å²) in [6.45, 7) is 3.30. The number of hydrogen-bond acceptors (Lipinski definition) is 5. The topological polar surface area (TPSA) is 96.0 Å². The molecule has 0 radical (unpaired) electrons. The number of sulfonamides is 1. The summed E-state index contributed by atoms with van der Waals surface area (Å²) in [5.41, 5.74) is 3.64. The Morgan fingerprint density at radius 3 is 2.19 bits per heavy atom. The molecular formula is C38H43N3O5S. The lowest BCUT2D eigenvalue weighted by molar-refractivity contribution is -0.140. The van der Waals surface area contributed by atoms with Gasteiger partial charge in [0.25, 0.3) is 10.0 Å². The van der Waals surface area contributed by atoms with Gasteiger partial charge in [-0.3, -0.25) is 13.9 Å². The molecular weight excluding hydrogens is 611 g/mol. The number of carbonyl (C=O) groups excluding carboxylic acids is 2. The standard InChI is InChI=1S/C38H43N3O5S/c1-28-21-22-29(2)35(23-28)41(47(44,45)34-19-8-5-9-20-34)27-37(42)40(26-31-15-12-18-33(24-31)46-3)36(25-30-13-6-4-7-14-30)38(43)39-32-16-10-11-17-32/h4-9,12-15,18-24,32,36H,10-11,16-17,25-27H2,1-3H3,(H,39,43). The molecule has 0 heterocycles. The first-order chi connectivity index (χ1) is 22.7. The van der Waals surface area contributed by atoms with Gasteiger partial charge in [0.2, 0.25) is 11.8 Å². The predicted molar refractivity (Wildman–Crippen MR) is 185 cm³/mol. The number of amides is 2. The van der Waals surface area contributed by atoms with Crippen molar-refractivity contribution >= 4 is 27.5 Å². The largest absolute Gasteiger partial charge is 0.497 e. The van der Waals surface area contributed by atoms with E-state index in [0.717, 1.165) is 42.4 Å². The minimum Gasteiger partial charge on any atom is -0.497 e. The summed E-state index contributed by atoms with van der Waals surface area (Å²) in [6.07, 6.45) is 4.14. The molecule has 0 bridgehead atoms. The van der Waals surface area contributed by atoms with Crippen LogP contribution in [0, 0.1) is 13.8 Å². The number of aryl methyl sites for hydroxylation is 2. The second-order valence-corrected chi connectivity index (χ2v) is 14.0. The monoisotopic (exact) mass is 653 g/mol. The van der Waals surface area contributed by atoms with E-state index >= 15 is 0 Å². The third-order valence-corrected chi connectivity index (χ3v) is 10.5. The summed E-state index contributed by atoms with van der Waals surface area (Å²) >= 11 is 0. The van der Waals surface area contributed by atoms with Gasteiger partial charge in [0.05, 0.1) is 17.7 Å². The molecule has 0 aliphatic heterocycles. The molecule has 1 saturated carbocycles. The average Bonchev–Trinajstić information content (AvgIpc) is 3.60.